The van der Waals surface area contributed by atoms with E-state index < -0.39 is 0 Å². The molecule has 4 rings (SSSR count). The Morgan fingerprint density at radius 2 is 1.89 bits per heavy atom. The largest absolute Gasteiger partial charge is 0.497 e. The summed E-state index contributed by atoms with van der Waals surface area (Å²) in [7, 11) is 1.58. The second-order valence-electron chi connectivity index (χ2n) is 8.69. The fourth-order valence-corrected chi connectivity index (χ4v) is 4.37. The molecule has 0 aliphatic carbocycles. The molecule has 4 aromatic rings. The van der Waals surface area contributed by atoms with Crippen LogP contribution in [0.1, 0.15) is 42.7 Å². The van der Waals surface area contributed by atoms with Crippen molar-refractivity contribution in [2.75, 3.05) is 13.7 Å². The average Bonchev–Trinajstić information content (AvgIpc) is 3.24. The summed E-state index contributed by atoms with van der Waals surface area (Å²) in [5, 5.41) is 0.855. The van der Waals surface area contributed by atoms with Crippen molar-refractivity contribution in [3.05, 3.63) is 82.9 Å². The maximum atomic E-state index is 15.1. The van der Waals surface area contributed by atoms with Crippen molar-refractivity contribution in [3.63, 3.8) is 0 Å². The number of benzene rings is 3. The molecule has 0 bridgehead atoms. The Morgan fingerprint density at radius 1 is 1.05 bits per heavy atom. The number of carbonyl (C=O) groups excluding carboxylic acids is 1. The fraction of sp³-hybridized carbons (Fsp3) is 0.300. The molecular formula is C30H32FNO5. The van der Waals surface area contributed by atoms with Crippen LogP contribution in [0.15, 0.2) is 59.0 Å². The van der Waals surface area contributed by atoms with Gasteiger partial charge in [-0.3, -0.25) is 4.79 Å². The number of furan rings is 1. The van der Waals surface area contributed by atoms with Crippen molar-refractivity contribution in [1.29, 1.82) is 0 Å². The highest BCUT2D eigenvalue weighted by atomic mass is 19.1. The lowest BCUT2D eigenvalue weighted by atomic mass is 9.99. The summed E-state index contributed by atoms with van der Waals surface area (Å²) in [6.45, 7) is 4.50. The van der Waals surface area contributed by atoms with Gasteiger partial charge in [0.25, 0.3) is 0 Å². The minimum atomic E-state index is -0.329. The van der Waals surface area contributed by atoms with Crippen LogP contribution in [0.3, 0.4) is 0 Å². The molecule has 3 aromatic carbocycles. The molecule has 0 unspecified atom stereocenters. The van der Waals surface area contributed by atoms with E-state index >= 15 is 4.39 Å². The molecule has 0 atom stereocenters. The molecule has 1 heterocycles. The Labute approximate surface area is 216 Å². The smallest absolute Gasteiger partial charge is 0.310 e. The second-order valence-corrected chi connectivity index (χ2v) is 8.69. The standard InChI is InChI=1S/C30H32FNO5/c1-4-7-26-25(18-36-28-16-22(34-3)12-10-20(28)15-29(33)35-5-2)24-14-19(11-13-27(24)37-26)23-9-6-8-21(17-32)30(23)31/h6,8-14,16H,4-5,7,15,17-18,32H2,1-3H3. The first-order chi connectivity index (χ1) is 18.0. The van der Waals surface area contributed by atoms with Crippen molar-refractivity contribution in [1.82, 2.24) is 0 Å². The fourth-order valence-electron chi connectivity index (χ4n) is 4.37. The van der Waals surface area contributed by atoms with Crippen LogP contribution in [-0.2, 0) is 35.5 Å². The van der Waals surface area contributed by atoms with E-state index in [-0.39, 0.29) is 31.4 Å². The third-order valence-electron chi connectivity index (χ3n) is 6.25. The van der Waals surface area contributed by atoms with Gasteiger partial charge in [-0.15, -0.1) is 0 Å². The van der Waals surface area contributed by atoms with Crippen molar-refractivity contribution in [2.45, 2.75) is 46.3 Å². The van der Waals surface area contributed by atoms with Gasteiger partial charge in [-0.25, -0.2) is 4.39 Å². The van der Waals surface area contributed by atoms with Gasteiger partial charge in [0.15, 0.2) is 0 Å². The normalized spacial score (nSPS) is 11.1. The van der Waals surface area contributed by atoms with E-state index in [4.69, 9.17) is 24.4 Å². The average molecular weight is 506 g/mol. The number of ether oxygens (including phenoxy) is 3. The minimum absolute atomic E-state index is 0.0853. The third-order valence-corrected chi connectivity index (χ3v) is 6.25. The van der Waals surface area contributed by atoms with Crippen LogP contribution in [0.4, 0.5) is 4.39 Å². The van der Waals surface area contributed by atoms with Gasteiger partial charge in [0.1, 0.15) is 35.3 Å². The van der Waals surface area contributed by atoms with E-state index in [9.17, 15) is 4.79 Å². The monoisotopic (exact) mass is 505 g/mol. The number of carbonyl (C=O) groups is 1. The Bertz CT molecular complexity index is 1390. The lowest BCUT2D eigenvalue weighted by molar-refractivity contribution is -0.142. The number of aryl methyl sites for hydroxylation is 1. The van der Waals surface area contributed by atoms with E-state index in [0.717, 1.165) is 35.1 Å². The quantitative estimate of drug-likeness (QED) is 0.239. The van der Waals surface area contributed by atoms with E-state index in [0.29, 0.717) is 40.4 Å². The van der Waals surface area contributed by atoms with Crippen LogP contribution in [0.25, 0.3) is 22.1 Å². The molecule has 6 nitrogen and oxygen atoms in total. The molecule has 37 heavy (non-hydrogen) atoms. The number of hydrogen-bond acceptors (Lipinski definition) is 6. The van der Waals surface area contributed by atoms with Crippen LogP contribution < -0.4 is 15.2 Å². The van der Waals surface area contributed by atoms with Crippen LogP contribution in [0.5, 0.6) is 11.5 Å². The van der Waals surface area contributed by atoms with Gasteiger partial charge in [-0.1, -0.05) is 37.3 Å². The van der Waals surface area contributed by atoms with Crippen molar-refractivity contribution < 1.29 is 27.8 Å². The number of fused-ring (bicyclic) bond motifs is 1. The molecule has 1 aromatic heterocycles. The number of rotatable bonds is 11. The summed E-state index contributed by atoms with van der Waals surface area (Å²) in [4.78, 5) is 12.1. The zero-order valence-corrected chi connectivity index (χ0v) is 21.4. The highest BCUT2D eigenvalue weighted by Crippen LogP contribution is 2.34. The number of esters is 1. The molecular weight excluding hydrogens is 473 g/mol. The maximum Gasteiger partial charge on any atom is 0.310 e. The number of methoxy groups -OCH3 is 1. The minimum Gasteiger partial charge on any atom is -0.497 e. The zero-order valence-electron chi connectivity index (χ0n) is 21.4. The van der Waals surface area contributed by atoms with Gasteiger partial charge >= 0.3 is 5.97 Å². The molecule has 0 spiro atoms. The Balaban J connectivity index is 1.72. The van der Waals surface area contributed by atoms with E-state index in [1.54, 1.807) is 50.4 Å². The van der Waals surface area contributed by atoms with E-state index in [2.05, 4.69) is 6.92 Å². The van der Waals surface area contributed by atoms with Gasteiger partial charge in [0.2, 0.25) is 0 Å². The Morgan fingerprint density at radius 3 is 2.62 bits per heavy atom. The summed E-state index contributed by atoms with van der Waals surface area (Å²) in [5.41, 5.74) is 9.69. The number of nitrogens with two attached hydrogens (primary N) is 1. The van der Waals surface area contributed by atoms with Gasteiger partial charge in [0.05, 0.1) is 20.1 Å². The molecule has 0 amide bonds. The van der Waals surface area contributed by atoms with Gasteiger partial charge in [-0.2, -0.15) is 0 Å². The lowest BCUT2D eigenvalue weighted by Crippen LogP contribution is -2.09. The summed E-state index contributed by atoms with van der Waals surface area (Å²) in [5.74, 6) is 1.32. The number of hydrogen-bond donors (Lipinski definition) is 1. The molecule has 0 saturated carbocycles. The van der Waals surface area contributed by atoms with E-state index in [1.165, 1.54) is 0 Å². The van der Waals surface area contributed by atoms with Crippen molar-refractivity contribution in [2.24, 2.45) is 5.73 Å². The summed E-state index contributed by atoms with van der Waals surface area (Å²) in [6, 6.07) is 16.2. The molecule has 2 N–H and O–H groups in total. The second kappa shape index (κ2) is 11.9. The predicted molar refractivity (Wildman–Crippen MR) is 141 cm³/mol. The summed E-state index contributed by atoms with van der Waals surface area (Å²) in [6.07, 6.45) is 1.70. The first-order valence-corrected chi connectivity index (χ1v) is 12.5. The summed E-state index contributed by atoms with van der Waals surface area (Å²) < 4.78 is 38.0. The number of halogens is 1. The first-order valence-electron chi connectivity index (χ1n) is 12.5. The van der Waals surface area contributed by atoms with Crippen LogP contribution in [-0.4, -0.2) is 19.7 Å². The highest BCUT2D eigenvalue weighted by molar-refractivity contribution is 5.87. The maximum absolute atomic E-state index is 15.1. The molecule has 0 radical (unpaired) electrons. The molecule has 0 saturated heterocycles. The van der Waals surface area contributed by atoms with Crippen LogP contribution >= 0.6 is 0 Å². The Hall–Kier alpha value is -3.84. The van der Waals surface area contributed by atoms with Crippen LogP contribution in [0, 0.1) is 5.82 Å². The van der Waals surface area contributed by atoms with Gasteiger partial charge in [0, 0.05) is 46.7 Å². The van der Waals surface area contributed by atoms with Crippen molar-refractivity contribution in [3.8, 4) is 22.6 Å². The Kier molecular flexibility index (Phi) is 8.46. The topological polar surface area (TPSA) is 83.9 Å². The molecule has 0 fully saturated rings. The summed E-state index contributed by atoms with van der Waals surface area (Å²) >= 11 is 0. The lowest BCUT2D eigenvalue weighted by Gasteiger charge is -2.13. The highest BCUT2D eigenvalue weighted by Gasteiger charge is 2.18. The first kappa shape index (κ1) is 26.2. The predicted octanol–water partition coefficient (Wildman–Crippen LogP) is 6.34. The third kappa shape index (κ3) is 5.78. The molecule has 0 aliphatic heterocycles. The van der Waals surface area contributed by atoms with Gasteiger partial charge < -0.3 is 24.4 Å². The van der Waals surface area contributed by atoms with E-state index in [1.807, 2.05) is 18.2 Å². The van der Waals surface area contributed by atoms with Crippen LogP contribution in [0.2, 0.25) is 0 Å². The molecule has 194 valence electrons. The zero-order chi connectivity index (χ0) is 26.4. The molecule has 0 aliphatic rings. The molecule has 7 heteroatoms. The van der Waals surface area contributed by atoms with Crippen molar-refractivity contribution >= 4 is 16.9 Å². The van der Waals surface area contributed by atoms with Gasteiger partial charge in [-0.05, 0) is 37.1 Å². The SMILES string of the molecule is CCCc1oc2ccc(-c3cccc(CN)c3F)cc2c1COc1cc(OC)ccc1CC(=O)OCC.